The Kier molecular flexibility index (Phi) is 7.65. The summed E-state index contributed by atoms with van der Waals surface area (Å²) in [4.78, 5) is 27.2. The molecule has 0 spiro atoms. The summed E-state index contributed by atoms with van der Waals surface area (Å²) in [5, 5.41) is 0.565. The van der Waals surface area contributed by atoms with E-state index in [4.69, 9.17) is 40.3 Å². The van der Waals surface area contributed by atoms with Crippen LogP contribution in [0.5, 0.6) is 17.2 Å². The van der Waals surface area contributed by atoms with E-state index in [1.807, 2.05) is 31.2 Å². The summed E-state index contributed by atoms with van der Waals surface area (Å²) in [6.45, 7) is 5.70. The van der Waals surface area contributed by atoms with Crippen molar-refractivity contribution < 1.29 is 28.5 Å². The molecule has 1 aliphatic carbocycles. The largest absolute Gasteiger partial charge is 0.494 e. The highest BCUT2D eigenvalue weighted by atomic mass is 35.5. The van der Waals surface area contributed by atoms with Crippen molar-refractivity contribution in [2.75, 3.05) is 38.8 Å². The minimum absolute atomic E-state index is 0.100. The number of nitrogens with zero attached hydrogens (tertiary/aromatic N) is 5. The van der Waals surface area contributed by atoms with E-state index in [1.54, 1.807) is 25.4 Å². The Morgan fingerprint density at radius 2 is 1.96 bits per heavy atom. The number of anilines is 1. The van der Waals surface area contributed by atoms with Crippen LogP contribution < -0.4 is 19.1 Å². The van der Waals surface area contributed by atoms with Crippen molar-refractivity contribution in [2.24, 2.45) is 0 Å². The number of carbonyl (C=O) groups excluding carboxylic acids is 1. The Bertz CT molecular complexity index is 1830. The van der Waals surface area contributed by atoms with Crippen molar-refractivity contribution in [1.82, 2.24) is 19.4 Å². The zero-order valence-corrected chi connectivity index (χ0v) is 27.5. The monoisotopic (exact) mass is 659 g/mol. The van der Waals surface area contributed by atoms with Crippen molar-refractivity contribution in [3.8, 4) is 17.2 Å². The fourth-order valence-electron chi connectivity index (χ4n) is 7.53. The maximum Gasteiger partial charge on any atom is 0.338 e. The smallest absolute Gasteiger partial charge is 0.338 e. The maximum atomic E-state index is 12.6. The van der Waals surface area contributed by atoms with Crippen molar-refractivity contribution in [3.05, 3.63) is 70.8 Å². The Hall–Kier alpha value is -4.06. The molecule has 3 fully saturated rings. The number of halogens is 1. The van der Waals surface area contributed by atoms with Crippen LogP contribution in [0.2, 0.25) is 5.02 Å². The van der Waals surface area contributed by atoms with E-state index in [-0.39, 0.29) is 6.10 Å². The van der Waals surface area contributed by atoms with Gasteiger partial charge in [-0.05, 0) is 62.1 Å². The lowest BCUT2D eigenvalue weighted by atomic mass is 9.81. The second-order valence-corrected chi connectivity index (χ2v) is 13.2. The summed E-state index contributed by atoms with van der Waals surface area (Å²) in [6.07, 6.45) is 5.94. The number of hydrogen-bond acceptors (Lipinski definition) is 10. The topological polar surface area (TPSA) is 100 Å². The summed E-state index contributed by atoms with van der Waals surface area (Å²) in [5.74, 6) is 1.51. The molecular formula is C35H38ClN5O6. The van der Waals surface area contributed by atoms with E-state index in [2.05, 4.69) is 25.4 Å². The molecule has 0 N–H and O–H groups in total. The standard InChI is InChI=1S/C35H38ClN5O6/c1-35(30-12-9-22(36)18-37-30)46-28-8-4-7-26(33(28)47-35)40-14-13-39(24-10-11-25(24)40)20-31-38-32-27(41(31)19-23-6-5-15-45-23)16-21(34(42)44-3)17-29(32)43-2/h4,7-9,12,16-18,23-25H,5-6,10-11,13-15,19-20H2,1-3H3/t23-,24+,25-,35+/m0/s1. The third-order valence-electron chi connectivity index (χ3n) is 10.1. The lowest BCUT2D eigenvalue weighted by Crippen LogP contribution is -2.64. The fourth-order valence-corrected chi connectivity index (χ4v) is 7.65. The first-order chi connectivity index (χ1) is 22.8. The third-order valence-corrected chi connectivity index (χ3v) is 10.3. The summed E-state index contributed by atoms with van der Waals surface area (Å²) in [7, 11) is 3.00. The molecule has 2 saturated heterocycles. The van der Waals surface area contributed by atoms with E-state index in [1.165, 1.54) is 7.11 Å². The molecule has 0 bridgehead atoms. The molecule has 12 heteroatoms. The molecule has 2 aromatic carbocycles. The molecule has 4 atom stereocenters. The van der Waals surface area contributed by atoms with Gasteiger partial charge in [-0.15, -0.1) is 0 Å². The minimum Gasteiger partial charge on any atom is -0.494 e. The van der Waals surface area contributed by atoms with Gasteiger partial charge in [-0.1, -0.05) is 17.7 Å². The van der Waals surface area contributed by atoms with Crippen LogP contribution >= 0.6 is 11.6 Å². The first-order valence-corrected chi connectivity index (χ1v) is 16.6. The lowest BCUT2D eigenvalue weighted by molar-refractivity contribution is -0.0717. The predicted octanol–water partition coefficient (Wildman–Crippen LogP) is 5.56. The summed E-state index contributed by atoms with van der Waals surface area (Å²) in [5.41, 5.74) is 3.74. The zero-order chi connectivity index (χ0) is 32.3. The molecule has 0 amide bonds. The van der Waals surface area contributed by atoms with Crippen LogP contribution in [0.15, 0.2) is 48.7 Å². The molecule has 5 heterocycles. The highest BCUT2D eigenvalue weighted by Crippen LogP contribution is 2.51. The van der Waals surface area contributed by atoms with E-state index >= 15 is 0 Å². The average molecular weight is 660 g/mol. The van der Waals surface area contributed by atoms with Crippen LogP contribution in [-0.2, 0) is 28.4 Å². The van der Waals surface area contributed by atoms with Crippen LogP contribution in [0.1, 0.15) is 54.5 Å². The molecule has 0 radical (unpaired) electrons. The normalized spacial score (nSPS) is 25.1. The number of para-hydroxylation sites is 1. The number of rotatable bonds is 8. The zero-order valence-electron chi connectivity index (χ0n) is 26.8. The first-order valence-electron chi connectivity index (χ1n) is 16.3. The summed E-state index contributed by atoms with van der Waals surface area (Å²) in [6, 6.07) is 14.0. The van der Waals surface area contributed by atoms with Gasteiger partial charge in [-0.25, -0.2) is 9.78 Å². The SMILES string of the molecule is COC(=O)c1cc(OC)c2nc(CN3CCN(c4cccc5c4O[C@](C)(c4ccc(Cl)cn4)O5)[C@H]4CC[C@H]43)n(C[C@@H]3CCCO3)c2c1. The molecule has 3 aliphatic heterocycles. The molecular weight excluding hydrogens is 622 g/mol. The van der Waals surface area contributed by atoms with Gasteiger partial charge in [0.05, 0.1) is 55.2 Å². The number of methoxy groups -OCH3 is 2. The number of piperazine rings is 1. The molecule has 47 heavy (non-hydrogen) atoms. The number of esters is 1. The van der Waals surface area contributed by atoms with Gasteiger partial charge < -0.3 is 33.2 Å². The van der Waals surface area contributed by atoms with E-state index in [0.29, 0.717) is 53.0 Å². The van der Waals surface area contributed by atoms with Crippen LogP contribution in [0.4, 0.5) is 5.69 Å². The predicted molar refractivity (Wildman–Crippen MR) is 175 cm³/mol. The maximum absolute atomic E-state index is 12.6. The van der Waals surface area contributed by atoms with Gasteiger partial charge in [0.1, 0.15) is 22.8 Å². The van der Waals surface area contributed by atoms with Crippen LogP contribution in [-0.4, -0.2) is 77.5 Å². The van der Waals surface area contributed by atoms with Crippen molar-refractivity contribution in [2.45, 2.75) is 69.7 Å². The fraction of sp³-hybridized carbons (Fsp3) is 0.457. The Morgan fingerprint density at radius 3 is 2.68 bits per heavy atom. The Balaban J connectivity index is 1.07. The number of aromatic nitrogens is 3. The molecule has 1 saturated carbocycles. The first kappa shape index (κ1) is 30.3. The number of pyridine rings is 1. The number of imidazole rings is 1. The number of benzene rings is 2. The van der Waals surface area contributed by atoms with Crippen molar-refractivity contribution in [1.29, 1.82) is 0 Å². The summed E-state index contributed by atoms with van der Waals surface area (Å²) >= 11 is 6.09. The van der Waals surface area contributed by atoms with E-state index < -0.39 is 11.8 Å². The Morgan fingerprint density at radius 1 is 1.09 bits per heavy atom. The van der Waals surface area contributed by atoms with Gasteiger partial charge in [0.25, 0.3) is 5.79 Å². The van der Waals surface area contributed by atoms with Crippen LogP contribution in [0.3, 0.4) is 0 Å². The molecule has 8 rings (SSSR count). The molecule has 4 aliphatic rings. The molecule has 2 aromatic heterocycles. The van der Waals surface area contributed by atoms with Gasteiger partial charge in [-0.2, -0.15) is 0 Å². The average Bonchev–Trinajstić information content (AvgIpc) is 3.79. The number of carbonyl (C=O) groups is 1. The minimum atomic E-state index is -1.04. The van der Waals surface area contributed by atoms with Crippen LogP contribution in [0, 0.1) is 0 Å². The second kappa shape index (κ2) is 11.9. The highest BCUT2D eigenvalue weighted by molar-refractivity contribution is 6.30. The van der Waals surface area contributed by atoms with Gasteiger partial charge in [0.2, 0.25) is 0 Å². The molecule has 11 nitrogen and oxygen atoms in total. The second-order valence-electron chi connectivity index (χ2n) is 12.8. The molecule has 246 valence electrons. The van der Waals surface area contributed by atoms with Gasteiger partial charge in [-0.3, -0.25) is 9.88 Å². The molecule has 0 unspecified atom stereocenters. The highest BCUT2D eigenvalue weighted by Gasteiger charge is 2.47. The van der Waals surface area contributed by atoms with Crippen LogP contribution in [0.25, 0.3) is 11.0 Å². The lowest BCUT2D eigenvalue weighted by Gasteiger charge is -2.54. The number of fused-ring (bicyclic) bond motifs is 3. The van der Waals surface area contributed by atoms with E-state index in [9.17, 15) is 4.79 Å². The number of hydrogen-bond donors (Lipinski definition) is 0. The van der Waals surface area contributed by atoms with Gasteiger partial charge >= 0.3 is 5.97 Å². The van der Waals surface area contributed by atoms with Crippen molar-refractivity contribution >= 4 is 34.3 Å². The quantitative estimate of drug-likeness (QED) is 0.224. The van der Waals surface area contributed by atoms with Gasteiger partial charge in [0.15, 0.2) is 11.5 Å². The van der Waals surface area contributed by atoms with E-state index in [0.717, 1.165) is 73.7 Å². The Labute approximate surface area is 278 Å². The van der Waals surface area contributed by atoms with Crippen molar-refractivity contribution in [3.63, 3.8) is 0 Å². The van der Waals surface area contributed by atoms with Gasteiger partial charge in [0, 0.05) is 44.9 Å². The third kappa shape index (κ3) is 5.25. The number of ether oxygens (including phenoxy) is 5. The summed E-state index contributed by atoms with van der Waals surface area (Å²) < 4.78 is 31.9. The molecule has 4 aromatic rings.